The van der Waals surface area contributed by atoms with E-state index in [9.17, 15) is 9.59 Å². The van der Waals surface area contributed by atoms with Crippen LogP contribution in [0.25, 0.3) is 0 Å². The Kier molecular flexibility index (Phi) is 5.82. The van der Waals surface area contributed by atoms with Crippen LogP contribution in [0.15, 0.2) is 42.5 Å². The third kappa shape index (κ3) is 4.73. The molecule has 2 rings (SSSR count). The van der Waals surface area contributed by atoms with Crippen molar-refractivity contribution in [1.29, 1.82) is 0 Å². The molecule has 24 heavy (non-hydrogen) atoms. The molecule has 0 aliphatic rings. The minimum Gasteiger partial charge on any atom is -0.482 e. The number of halogens is 1. The van der Waals surface area contributed by atoms with Crippen LogP contribution in [0.1, 0.15) is 24.2 Å². The number of rotatable bonds is 6. The zero-order chi connectivity index (χ0) is 17.7. The van der Waals surface area contributed by atoms with Crippen LogP contribution < -0.4 is 15.8 Å². The van der Waals surface area contributed by atoms with Crippen molar-refractivity contribution < 1.29 is 14.3 Å². The molecule has 2 aromatic rings. The fraction of sp³-hybridized carbons (Fsp3) is 0.222. The number of hydrogen-bond acceptors (Lipinski definition) is 4. The Morgan fingerprint density at radius 2 is 1.96 bits per heavy atom. The Morgan fingerprint density at radius 3 is 2.58 bits per heavy atom. The number of carbonyl (C=O) groups excluding carboxylic acids is 2. The molecule has 6 heteroatoms. The lowest BCUT2D eigenvalue weighted by Crippen LogP contribution is -2.20. The van der Waals surface area contributed by atoms with E-state index in [1.807, 2.05) is 13.8 Å². The summed E-state index contributed by atoms with van der Waals surface area (Å²) in [6.07, 6.45) is 0. The third-order valence-electron chi connectivity index (χ3n) is 3.29. The van der Waals surface area contributed by atoms with E-state index < -0.39 is 0 Å². The number of hydrogen-bond donors (Lipinski definition) is 2. The average Bonchev–Trinajstić information content (AvgIpc) is 2.52. The molecule has 5 nitrogen and oxygen atoms in total. The summed E-state index contributed by atoms with van der Waals surface area (Å²) in [7, 11) is 0. The highest BCUT2D eigenvalue weighted by Gasteiger charge is 2.13. The van der Waals surface area contributed by atoms with Gasteiger partial charge in [0.05, 0.1) is 5.69 Å². The molecule has 0 aromatic heterocycles. The van der Waals surface area contributed by atoms with Crippen LogP contribution in [0.5, 0.6) is 5.75 Å². The SMILES string of the molecule is CC(C)C(=O)c1ccc(OCC(=O)Nc2cccc(Cl)c2)c(N)c1. The molecule has 0 saturated heterocycles. The maximum Gasteiger partial charge on any atom is 0.262 e. The van der Waals surface area contributed by atoms with Crippen molar-refractivity contribution >= 4 is 34.7 Å². The minimum absolute atomic E-state index is 0.00643. The van der Waals surface area contributed by atoms with E-state index in [1.54, 1.807) is 42.5 Å². The van der Waals surface area contributed by atoms with Crippen molar-refractivity contribution in [2.24, 2.45) is 5.92 Å². The van der Waals surface area contributed by atoms with Gasteiger partial charge in [0, 0.05) is 22.2 Å². The number of anilines is 2. The Hall–Kier alpha value is -2.53. The number of nitrogens with one attached hydrogen (secondary N) is 1. The van der Waals surface area contributed by atoms with Gasteiger partial charge in [-0.15, -0.1) is 0 Å². The van der Waals surface area contributed by atoms with Gasteiger partial charge in [-0.2, -0.15) is 0 Å². The van der Waals surface area contributed by atoms with Gasteiger partial charge in [-0.3, -0.25) is 9.59 Å². The summed E-state index contributed by atoms with van der Waals surface area (Å²) in [5, 5.41) is 3.20. The smallest absolute Gasteiger partial charge is 0.262 e. The highest BCUT2D eigenvalue weighted by Crippen LogP contribution is 2.24. The number of nitrogen functional groups attached to an aromatic ring is 1. The molecule has 3 N–H and O–H groups in total. The summed E-state index contributed by atoms with van der Waals surface area (Å²) < 4.78 is 5.41. The number of carbonyl (C=O) groups is 2. The van der Waals surface area contributed by atoms with Gasteiger partial charge < -0.3 is 15.8 Å². The van der Waals surface area contributed by atoms with Gasteiger partial charge in [0.2, 0.25) is 0 Å². The van der Waals surface area contributed by atoms with Crippen molar-refractivity contribution in [3.05, 3.63) is 53.1 Å². The summed E-state index contributed by atoms with van der Waals surface area (Å²) in [4.78, 5) is 23.8. The predicted octanol–water partition coefficient (Wildman–Crippen LogP) is 3.78. The zero-order valence-electron chi connectivity index (χ0n) is 13.5. The molecular weight excluding hydrogens is 328 g/mol. The van der Waals surface area contributed by atoms with E-state index in [4.69, 9.17) is 22.1 Å². The van der Waals surface area contributed by atoms with Gasteiger partial charge in [-0.25, -0.2) is 0 Å². The Labute approximate surface area is 145 Å². The molecule has 0 aliphatic heterocycles. The number of nitrogens with two attached hydrogens (primary N) is 1. The van der Waals surface area contributed by atoms with E-state index in [-0.39, 0.29) is 24.2 Å². The maximum absolute atomic E-state index is 11.9. The predicted molar refractivity (Wildman–Crippen MR) is 95.6 cm³/mol. The molecule has 0 fully saturated rings. The second-order valence-corrected chi connectivity index (χ2v) is 6.06. The van der Waals surface area contributed by atoms with Gasteiger partial charge >= 0.3 is 0 Å². The highest BCUT2D eigenvalue weighted by molar-refractivity contribution is 6.30. The average molecular weight is 347 g/mol. The molecule has 1 amide bonds. The summed E-state index contributed by atoms with van der Waals surface area (Å²) in [6.45, 7) is 3.44. The first-order valence-corrected chi connectivity index (χ1v) is 7.86. The number of ether oxygens (including phenoxy) is 1. The number of benzene rings is 2. The molecule has 0 unspecified atom stereocenters. The summed E-state index contributed by atoms with van der Waals surface area (Å²) >= 11 is 5.86. The number of Topliss-reactive ketones (excluding diaryl/α,β-unsaturated/α-hetero) is 1. The third-order valence-corrected chi connectivity index (χ3v) is 3.52. The Bertz CT molecular complexity index is 760. The fourth-order valence-corrected chi connectivity index (χ4v) is 2.26. The van der Waals surface area contributed by atoms with E-state index >= 15 is 0 Å². The van der Waals surface area contributed by atoms with Gasteiger partial charge in [-0.05, 0) is 36.4 Å². The quantitative estimate of drug-likeness (QED) is 0.616. The van der Waals surface area contributed by atoms with Crippen molar-refractivity contribution in [2.75, 3.05) is 17.7 Å². The lowest BCUT2D eigenvalue weighted by Gasteiger charge is -2.11. The molecule has 0 bridgehead atoms. The molecule has 0 aliphatic carbocycles. The largest absolute Gasteiger partial charge is 0.482 e. The molecule has 0 atom stereocenters. The molecule has 0 spiro atoms. The standard InChI is InChI=1S/C18H19ClN2O3/c1-11(2)18(23)12-6-7-16(15(20)8-12)24-10-17(22)21-14-5-3-4-13(19)9-14/h3-9,11H,10,20H2,1-2H3,(H,21,22). The van der Waals surface area contributed by atoms with Gasteiger partial charge in [0.15, 0.2) is 12.4 Å². The highest BCUT2D eigenvalue weighted by atomic mass is 35.5. The summed E-state index contributed by atoms with van der Waals surface area (Å²) in [6, 6.07) is 11.6. The van der Waals surface area contributed by atoms with E-state index in [1.165, 1.54) is 0 Å². The van der Waals surface area contributed by atoms with Gasteiger partial charge in [0.25, 0.3) is 5.91 Å². The Morgan fingerprint density at radius 1 is 1.21 bits per heavy atom. The lowest BCUT2D eigenvalue weighted by molar-refractivity contribution is -0.118. The lowest BCUT2D eigenvalue weighted by atomic mass is 10.0. The van der Waals surface area contributed by atoms with E-state index in [0.29, 0.717) is 27.7 Å². The molecule has 0 heterocycles. The van der Waals surface area contributed by atoms with Crippen LogP contribution in [0.2, 0.25) is 5.02 Å². The van der Waals surface area contributed by atoms with Crippen LogP contribution in [0, 0.1) is 5.92 Å². The first kappa shape index (κ1) is 17.8. The molecule has 126 valence electrons. The summed E-state index contributed by atoms with van der Waals surface area (Å²) in [5.74, 6) is -0.0813. The fourth-order valence-electron chi connectivity index (χ4n) is 2.07. The van der Waals surface area contributed by atoms with Crippen molar-refractivity contribution in [1.82, 2.24) is 0 Å². The van der Waals surface area contributed by atoms with Crippen LogP contribution in [0.3, 0.4) is 0 Å². The normalized spacial score (nSPS) is 10.5. The number of ketones is 1. The Balaban J connectivity index is 1.96. The van der Waals surface area contributed by atoms with E-state index in [2.05, 4.69) is 5.32 Å². The number of amides is 1. The van der Waals surface area contributed by atoms with Crippen LogP contribution in [-0.4, -0.2) is 18.3 Å². The van der Waals surface area contributed by atoms with Crippen molar-refractivity contribution in [3.8, 4) is 5.75 Å². The first-order valence-electron chi connectivity index (χ1n) is 7.49. The molecule has 0 saturated carbocycles. The van der Waals surface area contributed by atoms with Crippen molar-refractivity contribution in [2.45, 2.75) is 13.8 Å². The van der Waals surface area contributed by atoms with E-state index in [0.717, 1.165) is 0 Å². The first-order chi connectivity index (χ1) is 11.4. The maximum atomic E-state index is 11.9. The van der Waals surface area contributed by atoms with Gasteiger partial charge in [-0.1, -0.05) is 31.5 Å². The molecule has 0 radical (unpaired) electrons. The molecule has 2 aromatic carbocycles. The van der Waals surface area contributed by atoms with Crippen LogP contribution in [-0.2, 0) is 4.79 Å². The van der Waals surface area contributed by atoms with Crippen LogP contribution in [0.4, 0.5) is 11.4 Å². The van der Waals surface area contributed by atoms with Crippen LogP contribution >= 0.6 is 11.6 Å². The van der Waals surface area contributed by atoms with Crippen molar-refractivity contribution in [3.63, 3.8) is 0 Å². The second kappa shape index (κ2) is 7.84. The van der Waals surface area contributed by atoms with Gasteiger partial charge in [0.1, 0.15) is 5.75 Å². The summed E-state index contributed by atoms with van der Waals surface area (Å²) in [5.41, 5.74) is 7.32. The second-order valence-electron chi connectivity index (χ2n) is 5.62. The monoisotopic (exact) mass is 346 g/mol. The molecular formula is C18H19ClN2O3. The topological polar surface area (TPSA) is 81.4 Å². The minimum atomic E-state index is -0.334. The zero-order valence-corrected chi connectivity index (χ0v) is 14.3.